The van der Waals surface area contributed by atoms with Crippen molar-refractivity contribution in [2.24, 2.45) is 0 Å². The lowest BCUT2D eigenvalue weighted by atomic mass is 9.82. The molecular weight excluding hydrogens is 723 g/mol. The van der Waals surface area contributed by atoms with Crippen molar-refractivity contribution in [2.45, 2.75) is 19.3 Å². The molecule has 11 rings (SSSR count). The Morgan fingerprint density at radius 1 is 0.300 bits per heavy atom. The molecule has 0 radical (unpaired) electrons. The van der Waals surface area contributed by atoms with Crippen molar-refractivity contribution < 1.29 is 0 Å². The van der Waals surface area contributed by atoms with Crippen molar-refractivity contribution in [3.63, 3.8) is 0 Å². The Balaban J connectivity index is 1.11. The van der Waals surface area contributed by atoms with Gasteiger partial charge in [0.2, 0.25) is 0 Å². The van der Waals surface area contributed by atoms with Gasteiger partial charge in [0.25, 0.3) is 0 Å². The number of anilines is 3. The Bertz CT molecular complexity index is 3200. The molecule has 10 aromatic carbocycles. The highest BCUT2D eigenvalue weighted by Crippen LogP contribution is 2.52. The summed E-state index contributed by atoms with van der Waals surface area (Å²) in [5.74, 6) is 0. The normalized spacial score (nSPS) is 12.6. The van der Waals surface area contributed by atoms with E-state index in [9.17, 15) is 0 Å². The molecule has 0 amide bonds. The monoisotopic (exact) mass is 765 g/mol. The van der Waals surface area contributed by atoms with E-state index in [0.29, 0.717) is 0 Å². The molecule has 0 atom stereocenters. The summed E-state index contributed by atoms with van der Waals surface area (Å²) in [6, 6.07) is 82.5. The Morgan fingerprint density at radius 3 is 1.52 bits per heavy atom. The average Bonchev–Trinajstić information content (AvgIpc) is 3.55. The molecule has 1 nitrogen and oxygen atoms in total. The molecule has 0 unspecified atom stereocenters. The van der Waals surface area contributed by atoms with E-state index in [1.54, 1.807) is 0 Å². The van der Waals surface area contributed by atoms with Gasteiger partial charge in [0.1, 0.15) is 0 Å². The summed E-state index contributed by atoms with van der Waals surface area (Å²) >= 11 is 0. The quantitative estimate of drug-likeness (QED) is 0.146. The zero-order valence-electron chi connectivity index (χ0n) is 33.8. The molecule has 0 saturated carbocycles. The molecule has 1 aliphatic carbocycles. The fourth-order valence-electron chi connectivity index (χ4n) is 9.59. The van der Waals surface area contributed by atoms with Crippen LogP contribution in [0.3, 0.4) is 0 Å². The molecule has 0 saturated heterocycles. The fourth-order valence-corrected chi connectivity index (χ4v) is 9.59. The van der Waals surface area contributed by atoms with Crippen LogP contribution in [-0.4, -0.2) is 0 Å². The molecule has 0 aliphatic heterocycles. The molecule has 0 fully saturated rings. The Kier molecular flexibility index (Phi) is 8.57. The molecule has 284 valence electrons. The Morgan fingerprint density at radius 2 is 0.800 bits per heavy atom. The average molecular weight is 766 g/mol. The molecule has 0 spiro atoms. The van der Waals surface area contributed by atoms with Crippen molar-refractivity contribution in [1.82, 2.24) is 0 Å². The summed E-state index contributed by atoms with van der Waals surface area (Å²) < 4.78 is 0. The van der Waals surface area contributed by atoms with E-state index in [1.807, 2.05) is 0 Å². The van der Waals surface area contributed by atoms with E-state index < -0.39 is 0 Å². The SMILES string of the molecule is CC1(C)c2ccccc2-c2ccc(N(c3ccc(-c4ccc(-c5ccccc5)cc4)cc3)c3cc(-c4cc5ccccc5c5ccccc45)ccc3-c3ccccc3)cc21. The van der Waals surface area contributed by atoms with E-state index in [0.717, 1.165) is 17.1 Å². The van der Waals surface area contributed by atoms with Crippen LogP contribution in [-0.2, 0) is 5.41 Å². The van der Waals surface area contributed by atoms with Gasteiger partial charge in [-0.05, 0) is 119 Å². The smallest absolute Gasteiger partial charge is 0.0546 e. The number of hydrogen-bond donors (Lipinski definition) is 0. The van der Waals surface area contributed by atoms with Crippen LogP contribution < -0.4 is 4.90 Å². The highest BCUT2D eigenvalue weighted by molar-refractivity contribution is 6.14. The third-order valence-electron chi connectivity index (χ3n) is 12.7. The molecule has 0 heterocycles. The van der Waals surface area contributed by atoms with Gasteiger partial charge in [0.05, 0.1) is 5.69 Å². The summed E-state index contributed by atoms with van der Waals surface area (Å²) in [6.07, 6.45) is 0. The van der Waals surface area contributed by atoms with Crippen LogP contribution in [0.25, 0.3) is 77.2 Å². The van der Waals surface area contributed by atoms with Crippen molar-refractivity contribution in [1.29, 1.82) is 0 Å². The van der Waals surface area contributed by atoms with Crippen LogP contribution in [0.4, 0.5) is 17.1 Å². The van der Waals surface area contributed by atoms with E-state index in [-0.39, 0.29) is 5.41 Å². The summed E-state index contributed by atoms with van der Waals surface area (Å²) in [6.45, 7) is 4.73. The molecular formula is C59H43N. The summed E-state index contributed by atoms with van der Waals surface area (Å²) in [5.41, 5.74) is 18.2. The van der Waals surface area contributed by atoms with E-state index in [2.05, 4.69) is 243 Å². The van der Waals surface area contributed by atoms with Crippen molar-refractivity contribution >= 4 is 38.6 Å². The summed E-state index contributed by atoms with van der Waals surface area (Å²) in [4.78, 5) is 2.48. The lowest BCUT2D eigenvalue weighted by Gasteiger charge is -2.30. The zero-order valence-corrected chi connectivity index (χ0v) is 33.8. The number of rotatable bonds is 7. The fraction of sp³-hybridized carbons (Fsp3) is 0.0508. The number of nitrogens with zero attached hydrogens (tertiary/aromatic N) is 1. The molecule has 1 aliphatic rings. The van der Waals surface area contributed by atoms with Gasteiger partial charge in [-0.2, -0.15) is 0 Å². The van der Waals surface area contributed by atoms with Crippen molar-refractivity contribution in [3.05, 3.63) is 236 Å². The van der Waals surface area contributed by atoms with Crippen LogP contribution in [0.15, 0.2) is 224 Å². The predicted molar refractivity (Wildman–Crippen MR) is 255 cm³/mol. The Hall–Kier alpha value is -7.48. The van der Waals surface area contributed by atoms with Crippen LogP contribution >= 0.6 is 0 Å². The van der Waals surface area contributed by atoms with Gasteiger partial charge >= 0.3 is 0 Å². The summed E-state index contributed by atoms with van der Waals surface area (Å²) in [5, 5.41) is 5.03. The van der Waals surface area contributed by atoms with Gasteiger partial charge in [-0.3, -0.25) is 0 Å². The van der Waals surface area contributed by atoms with E-state index in [4.69, 9.17) is 0 Å². The number of hydrogen-bond acceptors (Lipinski definition) is 1. The van der Waals surface area contributed by atoms with Gasteiger partial charge in [-0.25, -0.2) is 0 Å². The lowest BCUT2D eigenvalue weighted by molar-refractivity contribution is 0.660. The van der Waals surface area contributed by atoms with Gasteiger partial charge in [-0.1, -0.05) is 202 Å². The third-order valence-corrected chi connectivity index (χ3v) is 12.7. The minimum atomic E-state index is -0.141. The molecule has 0 aromatic heterocycles. The minimum Gasteiger partial charge on any atom is -0.310 e. The standard InChI is InChI=1S/C59H43N/c1-59(2)56-24-14-13-23-53(56)54-36-34-48(39-57(54)59)60(47-32-29-43(30-33-47)42-27-25-41(26-28-42)40-15-5-3-6-16-40)58-38-46(31-35-50(58)44-17-7-4-8-18-44)55-37-45-19-9-10-20-49(45)51-21-11-12-22-52(51)55/h3-39H,1-2H3. The topological polar surface area (TPSA) is 3.24 Å². The van der Waals surface area contributed by atoms with Gasteiger partial charge in [0.15, 0.2) is 0 Å². The first kappa shape index (κ1) is 35.7. The first-order valence-electron chi connectivity index (χ1n) is 20.9. The summed E-state index contributed by atoms with van der Waals surface area (Å²) in [7, 11) is 0. The Labute approximate surface area is 352 Å². The maximum atomic E-state index is 2.48. The minimum absolute atomic E-state index is 0.141. The maximum absolute atomic E-state index is 2.48. The molecule has 60 heavy (non-hydrogen) atoms. The number of benzene rings is 10. The zero-order chi connectivity index (χ0) is 40.2. The highest BCUT2D eigenvalue weighted by atomic mass is 15.1. The van der Waals surface area contributed by atoms with E-state index in [1.165, 1.54) is 88.3 Å². The van der Waals surface area contributed by atoms with Crippen LogP contribution in [0.1, 0.15) is 25.0 Å². The van der Waals surface area contributed by atoms with Crippen LogP contribution in [0.2, 0.25) is 0 Å². The van der Waals surface area contributed by atoms with Crippen molar-refractivity contribution in [3.8, 4) is 55.6 Å². The second-order valence-corrected chi connectivity index (χ2v) is 16.5. The van der Waals surface area contributed by atoms with Gasteiger partial charge < -0.3 is 4.90 Å². The second-order valence-electron chi connectivity index (χ2n) is 16.5. The first-order chi connectivity index (χ1) is 29.5. The lowest BCUT2D eigenvalue weighted by Crippen LogP contribution is -2.17. The first-order valence-corrected chi connectivity index (χ1v) is 20.9. The molecule has 10 aromatic rings. The van der Waals surface area contributed by atoms with Crippen LogP contribution in [0.5, 0.6) is 0 Å². The van der Waals surface area contributed by atoms with Gasteiger partial charge in [0, 0.05) is 22.4 Å². The highest BCUT2D eigenvalue weighted by Gasteiger charge is 2.36. The predicted octanol–water partition coefficient (Wildman–Crippen LogP) is 16.4. The molecule has 1 heteroatoms. The second kappa shape index (κ2) is 14.4. The van der Waals surface area contributed by atoms with Crippen molar-refractivity contribution in [2.75, 3.05) is 4.90 Å². The molecule has 0 N–H and O–H groups in total. The largest absolute Gasteiger partial charge is 0.310 e. The van der Waals surface area contributed by atoms with Gasteiger partial charge in [-0.15, -0.1) is 0 Å². The van der Waals surface area contributed by atoms with Crippen LogP contribution in [0, 0.1) is 0 Å². The maximum Gasteiger partial charge on any atom is 0.0546 e. The van der Waals surface area contributed by atoms with E-state index >= 15 is 0 Å². The molecule has 0 bridgehead atoms. The number of fused-ring (bicyclic) bond motifs is 6. The third kappa shape index (κ3) is 6.01.